The molecule has 3 atom stereocenters. The molecule has 206 valence electrons. The lowest BCUT2D eigenvalue weighted by Gasteiger charge is -2.35. The second kappa shape index (κ2) is 11.6. The van der Waals surface area contributed by atoms with E-state index >= 15 is 0 Å². The first-order valence-electron chi connectivity index (χ1n) is 14.0. The molecule has 0 unspecified atom stereocenters. The Bertz CT molecular complexity index is 1130. The van der Waals surface area contributed by atoms with Gasteiger partial charge in [-0.2, -0.15) is 0 Å². The number of hydrogen-bond donors (Lipinski definition) is 2. The van der Waals surface area contributed by atoms with Crippen molar-refractivity contribution in [3.8, 4) is 5.75 Å². The van der Waals surface area contributed by atoms with E-state index in [0.29, 0.717) is 44.0 Å². The summed E-state index contributed by atoms with van der Waals surface area (Å²) in [7, 11) is 0. The second-order valence-electron chi connectivity index (χ2n) is 11.4. The van der Waals surface area contributed by atoms with Gasteiger partial charge in [0.1, 0.15) is 23.3 Å². The average molecular weight is 526 g/mol. The molecule has 5 rings (SSSR count). The molecule has 0 amide bonds. The summed E-state index contributed by atoms with van der Waals surface area (Å²) >= 11 is 0. The van der Waals surface area contributed by atoms with Gasteiger partial charge in [-0.05, 0) is 82.1 Å². The average Bonchev–Trinajstić information content (AvgIpc) is 3.36. The van der Waals surface area contributed by atoms with Crippen molar-refractivity contribution in [3.05, 3.63) is 52.7 Å². The SMILES string of the molecule is CC(C)(F)[C@@H]1COc2cccc([C@H](C(=O)O)N3CC[C@@H](OCCCCc4ccc5c(n4)NCCC5)C3)c2C1. The van der Waals surface area contributed by atoms with Crippen molar-refractivity contribution >= 4 is 11.8 Å². The third-order valence-electron chi connectivity index (χ3n) is 8.23. The molecule has 8 heteroatoms. The van der Waals surface area contributed by atoms with Gasteiger partial charge in [0, 0.05) is 43.4 Å². The second-order valence-corrected chi connectivity index (χ2v) is 11.4. The highest BCUT2D eigenvalue weighted by atomic mass is 19.1. The van der Waals surface area contributed by atoms with E-state index in [2.05, 4.69) is 17.4 Å². The number of nitrogens with zero attached hydrogens (tertiary/aromatic N) is 2. The van der Waals surface area contributed by atoms with Gasteiger partial charge in [-0.3, -0.25) is 9.69 Å². The van der Waals surface area contributed by atoms with Crippen LogP contribution in [0, 0.1) is 5.92 Å². The summed E-state index contributed by atoms with van der Waals surface area (Å²) in [5.41, 5.74) is 2.54. The fourth-order valence-electron chi connectivity index (χ4n) is 5.91. The summed E-state index contributed by atoms with van der Waals surface area (Å²) < 4.78 is 26.7. The number of rotatable bonds is 10. The number of halogens is 1. The van der Waals surface area contributed by atoms with Gasteiger partial charge in [0.05, 0.1) is 12.7 Å². The molecule has 0 saturated carbocycles. The molecule has 0 aliphatic carbocycles. The van der Waals surface area contributed by atoms with E-state index < -0.39 is 17.7 Å². The first kappa shape index (κ1) is 26.9. The number of nitrogens with one attached hydrogen (secondary N) is 1. The maximum absolute atomic E-state index is 14.7. The number of alkyl halides is 1. The number of anilines is 1. The fraction of sp³-hybridized carbons (Fsp3) is 0.600. The number of hydrogen-bond acceptors (Lipinski definition) is 6. The van der Waals surface area contributed by atoms with E-state index in [0.717, 1.165) is 62.1 Å². The molecule has 0 radical (unpaired) electrons. The normalized spacial score (nSPS) is 22.2. The van der Waals surface area contributed by atoms with Gasteiger partial charge in [-0.15, -0.1) is 0 Å². The van der Waals surface area contributed by atoms with Crippen molar-refractivity contribution in [1.29, 1.82) is 0 Å². The zero-order chi connectivity index (χ0) is 26.7. The number of fused-ring (bicyclic) bond motifs is 2. The Morgan fingerprint density at radius 1 is 1.32 bits per heavy atom. The Labute approximate surface area is 224 Å². The molecule has 0 spiro atoms. The third-order valence-corrected chi connectivity index (χ3v) is 8.23. The van der Waals surface area contributed by atoms with Gasteiger partial charge < -0.3 is 19.9 Å². The number of carboxylic acid groups (broad SMARTS) is 1. The van der Waals surface area contributed by atoms with Crippen LogP contribution in [0.15, 0.2) is 30.3 Å². The lowest BCUT2D eigenvalue weighted by Crippen LogP contribution is -2.38. The van der Waals surface area contributed by atoms with Gasteiger partial charge in [0.2, 0.25) is 0 Å². The maximum atomic E-state index is 14.7. The third kappa shape index (κ3) is 6.12. The Kier molecular flexibility index (Phi) is 8.19. The molecule has 3 aliphatic heterocycles. The van der Waals surface area contributed by atoms with Gasteiger partial charge >= 0.3 is 5.97 Å². The van der Waals surface area contributed by atoms with Crippen molar-refractivity contribution in [1.82, 2.24) is 9.88 Å². The summed E-state index contributed by atoms with van der Waals surface area (Å²) in [6.45, 7) is 6.29. The summed E-state index contributed by atoms with van der Waals surface area (Å²) in [4.78, 5) is 19.2. The van der Waals surface area contributed by atoms with Crippen LogP contribution in [0.5, 0.6) is 5.75 Å². The summed E-state index contributed by atoms with van der Waals surface area (Å²) in [5, 5.41) is 13.6. The lowest BCUT2D eigenvalue weighted by molar-refractivity contribution is -0.143. The zero-order valence-electron chi connectivity index (χ0n) is 22.5. The molecule has 1 aromatic carbocycles. The van der Waals surface area contributed by atoms with Crippen molar-refractivity contribution < 1.29 is 23.8 Å². The first-order chi connectivity index (χ1) is 18.3. The van der Waals surface area contributed by atoms with Crippen LogP contribution in [0.2, 0.25) is 0 Å². The highest BCUT2D eigenvalue weighted by molar-refractivity contribution is 5.76. The molecule has 7 nitrogen and oxygen atoms in total. The number of aryl methyl sites for hydroxylation is 2. The number of pyridine rings is 1. The predicted octanol–water partition coefficient (Wildman–Crippen LogP) is 4.98. The fourth-order valence-corrected chi connectivity index (χ4v) is 5.91. The first-order valence-corrected chi connectivity index (χ1v) is 14.0. The highest BCUT2D eigenvalue weighted by Gasteiger charge is 2.39. The van der Waals surface area contributed by atoms with E-state index in [1.54, 1.807) is 13.8 Å². The van der Waals surface area contributed by atoms with Gasteiger partial charge in [0.25, 0.3) is 0 Å². The molecular formula is C30H40FN3O4. The number of unbranched alkanes of at least 4 members (excludes halogenated alkanes) is 1. The smallest absolute Gasteiger partial charge is 0.325 e. The van der Waals surface area contributed by atoms with E-state index in [1.165, 1.54) is 5.56 Å². The van der Waals surface area contributed by atoms with Crippen molar-refractivity contribution in [2.45, 2.75) is 76.6 Å². The molecule has 38 heavy (non-hydrogen) atoms. The van der Waals surface area contributed by atoms with Crippen LogP contribution in [0.4, 0.5) is 10.2 Å². The van der Waals surface area contributed by atoms with Crippen LogP contribution < -0.4 is 10.1 Å². The molecule has 3 aliphatic rings. The number of ether oxygens (including phenoxy) is 2. The Hall–Kier alpha value is -2.71. The predicted molar refractivity (Wildman–Crippen MR) is 145 cm³/mol. The summed E-state index contributed by atoms with van der Waals surface area (Å²) in [5.74, 6) is 0.505. The van der Waals surface area contributed by atoms with Gasteiger partial charge in [0.15, 0.2) is 0 Å². The minimum Gasteiger partial charge on any atom is -0.493 e. The Balaban J connectivity index is 1.14. The highest BCUT2D eigenvalue weighted by Crippen LogP contribution is 2.39. The number of benzene rings is 1. The molecule has 2 aromatic rings. The lowest BCUT2D eigenvalue weighted by atomic mass is 9.82. The van der Waals surface area contributed by atoms with Gasteiger partial charge in [-0.1, -0.05) is 18.2 Å². The quantitative estimate of drug-likeness (QED) is 0.424. The monoisotopic (exact) mass is 525 g/mol. The molecule has 1 fully saturated rings. The summed E-state index contributed by atoms with van der Waals surface area (Å²) in [6, 6.07) is 9.08. The zero-order valence-corrected chi connectivity index (χ0v) is 22.5. The van der Waals surface area contributed by atoms with Crippen molar-refractivity contribution in [2.75, 3.05) is 38.2 Å². The molecule has 1 aromatic heterocycles. The number of aromatic nitrogens is 1. The Morgan fingerprint density at radius 2 is 2.18 bits per heavy atom. The van der Waals surface area contributed by atoms with Crippen LogP contribution in [0.3, 0.4) is 0 Å². The topological polar surface area (TPSA) is 83.9 Å². The molecule has 1 saturated heterocycles. The maximum Gasteiger partial charge on any atom is 0.325 e. The van der Waals surface area contributed by atoms with Crippen molar-refractivity contribution in [3.63, 3.8) is 0 Å². The molecular weight excluding hydrogens is 485 g/mol. The summed E-state index contributed by atoms with van der Waals surface area (Å²) in [6.07, 6.45) is 6.41. The van der Waals surface area contributed by atoms with Crippen LogP contribution in [0.25, 0.3) is 0 Å². The molecule has 4 heterocycles. The minimum atomic E-state index is -1.40. The van der Waals surface area contributed by atoms with Gasteiger partial charge in [-0.25, -0.2) is 9.37 Å². The largest absolute Gasteiger partial charge is 0.493 e. The number of likely N-dealkylation sites (tertiary alicyclic amines) is 1. The van der Waals surface area contributed by atoms with E-state index in [1.807, 2.05) is 23.1 Å². The number of carbonyl (C=O) groups is 1. The van der Waals surface area contributed by atoms with Crippen molar-refractivity contribution in [2.24, 2.45) is 5.92 Å². The van der Waals surface area contributed by atoms with E-state index in [-0.39, 0.29) is 12.0 Å². The molecule has 2 N–H and O–H groups in total. The number of aliphatic carboxylic acids is 1. The van der Waals surface area contributed by atoms with E-state index in [9.17, 15) is 14.3 Å². The van der Waals surface area contributed by atoms with Crippen LogP contribution in [0.1, 0.15) is 68.0 Å². The van der Waals surface area contributed by atoms with Crippen LogP contribution in [-0.2, 0) is 28.8 Å². The van der Waals surface area contributed by atoms with E-state index in [4.69, 9.17) is 14.5 Å². The molecule has 0 bridgehead atoms. The standard InChI is InChI=1S/C30H40FN3O4/c1-30(2,31)21-17-25-24(9-5-10-26(25)38-19-21)27(29(35)36)34-15-13-23(18-34)37-16-4-3-8-22-12-11-20-7-6-14-32-28(20)33-22/h5,9-12,21,23,27H,3-4,6-8,13-19H2,1-2H3,(H,32,33)(H,35,36)/t21-,23+,27+/m0/s1. The Morgan fingerprint density at radius 3 is 3.00 bits per heavy atom. The minimum absolute atomic E-state index is 0.0104. The van der Waals surface area contributed by atoms with Crippen LogP contribution >= 0.6 is 0 Å². The van der Waals surface area contributed by atoms with Crippen LogP contribution in [-0.4, -0.2) is 65.6 Å². The number of carboxylic acids is 1.